The number of nitriles is 1. The smallest absolute Gasteiger partial charge is 0.310 e. The SMILES string of the molecule is CCOC(=O)C(CNS(=O)(=O)Cc1cccc(C#N)c1)Cc1ccccc1. The van der Waals surface area contributed by atoms with Gasteiger partial charge in [-0.3, -0.25) is 4.79 Å². The molecule has 0 aromatic heterocycles. The van der Waals surface area contributed by atoms with Crippen LogP contribution in [0.1, 0.15) is 23.6 Å². The highest BCUT2D eigenvalue weighted by molar-refractivity contribution is 7.88. The summed E-state index contributed by atoms with van der Waals surface area (Å²) in [6.07, 6.45) is 0.381. The lowest BCUT2D eigenvalue weighted by atomic mass is 10.00. The molecule has 0 saturated carbocycles. The highest BCUT2D eigenvalue weighted by atomic mass is 32.2. The maximum Gasteiger partial charge on any atom is 0.310 e. The summed E-state index contributed by atoms with van der Waals surface area (Å²) in [5.74, 6) is -1.31. The number of rotatable bonds is 9. The van der Waals surface area contributed by atoms with E-state index < -0.39 is 21.9 Å². The van der Waals surface area contributed by atoms with Crippen molar-refractivity contribution in [2.75, 3.05) is 13.2 Å². The lowest BCUT2D eigenvalue weighted by Crippen LogP contribution is -2.35. The van der Waals surface area contributed by atoms with Crippen LogP contribution in [0.25, 0.3) is 0 Å². The predicted molar refractivity (Wildman–Crippen MR) is 102 cm³/mol. The number of benzene rings is 2. The summed E-state index contributed by atoms with van der Waals surface area (Å²) in [7, 11) is -3.66. The van der Waals surface area contributed by atoms with Gasteiger partial charge in [0.05, 0.1) is 29.9 Å². The molecule has 2 aromatic carbocycles. The van der Waals surface area contributed by atoms with E-state index >= 15 is 0 Å². The van der Waals surface area contributed by atoms with Gasteiger partial charge in [0.2, 0.25) is 10.0 Å². The molecule has 142 valence electrons. The molecule has 2 rings (SSSR count). The van der Waals surface area contributed by atoms with Gasteiger partial charge in [0.1, 0.15) is 0 Å². The Morgan fingerprint density at radius 3 is 2.52 bits per heavy atom. The summed E-state index contributed by atoms with van der Waals surface area (Å²) < 4.78 is 32.4. The van der Waals surface area contributed by atoms with Crippen molar-refractivity contribution in [2.24, 2.45) is 5.92 Å². The molecule has 7 heteroatoms. The van der Waals surface area contributed by atoms with E-state index in [0.717, 1.165) is 5.56 Å². The van der Waals surface area contributed by atoms with Crippen molar-refractivity contribution in [3.8, 4) is 6.07 Å². The summed E-state index contributed by atoms with van der Waals surface area (Å²) in [4.78, 5) is 12.2. The molecule has 0 radical (unpaired) electrons. The molecule has 27 heavy (non-hydrogen) atoms. The van der Waals surface area contributed by atoms with Crippen molar-refractivity contribution in [3.63, 3.8) is 0 Å². The van der Waals surface area contributed by atoms with E-state index in [2.05, 4.69) is 4.72 Å². The minimum atomic E-state index is -3.66. The Balaban J connectivity index is 2.05. The minimum Gasteiger partial charge on any atom is -0.466 e. The van der Waals surface area contributed by atoms with E-state index in [4.69, 9.17) is 10.00 Å². The molecule has 0 amide bonds. The first-order valence-corrected chi connectivity index (χ1v) is 10.3. The summed E-state index contributed by atoms with van der Waals surface area (Å²) in [5, 5.41) is 8.92. The predicted octanol–water partition coefficient (Wildman–Crippen LogP) is 2.40. The Labute approximate surface area is 159 Å². The van der Waals surface area contributed by atoms with Crippen LogP contribution in [0.15, 0.2) is 54.6 Å². The molecule has 1 N–H and O–H groups in total. The number of sulfonamides is 1. The number of nitrogens with one attached hydrogen (secondary N) is 1. The maximum atomic E-state index is 12.4. The summed E-state index contributed by atoms with van der Waals surface area (Å²) in [6, 6.07) is 17.8. The Morgan fingerprint density at radius 1 is 1.15 bits per heavy atom. The second kappa shape index (κ2) is 9.86. The molecular formula is C20H22N2O4S. The molecule has 2 aromatic rings. The second-order valence-electron chi connectivity index (χ2n) is 6.06. The van der Waals surface area contributed by atoms with Crippen molar-refractivity contribution >= 4 is 16.0 Å². The molecular weight excluding hydrogens is 364 g/mol. The van der Waals surface area contributed by atoms with Crippen LogP contribution in [-0.4, -0.2) is 27.5 Å². The largest absolute Gasteiger partial charge is 0.466 e. The van der Waals surface area contributed by atoms with Crippen LogP contribution in [0.2, 0.25) is 0 Å². The molecule has 6 nitrogen and oxygen atoms in total. The number of ether oxygens (including phenoxy) is 1. The van der Waals surface area contributed by atoms with Crippen LogP contribution in [0.3, 0.4) is 0 Å². The first kappa shape index (κ1) is 20.6. The fraction of sp³-hybridized carbons (Fsp3) is 0.300. The van der Waals surface area contributed by atoms with Crippen LogP contribution in [0, 0.1) is 17.2 Å². The zero-order chi connectivity index (χ0) is 19.7. The number of esters is 1. The topological polar surface area (TPSA) is 96.3 Å². The zero-order valence-electron chi connectivity index (χ0n) is 15.1. The number of carbonyl (C=O) groups is 1. The van der Waals surface area contributed by atoms with Crippen molar-refractivity contribution in [2.45, 2.75) is 19.1 Å². The third-order valence-corrected chi connectivity index (χ3v) is 5.23. The van der Waals surface area contributed by atoms with Gasteiger partial charge in [-0.2, -0.15) is 5.26 Å². The molecule has 0 saturated heterocycles. The Hall–Kier alpha value is -2.69. The van der Waals surface area contributed by atoms with Gasteiger partial charge in [-0.25, -0.2) is 13.1 Å². The molecule has 1 unspecified atom stereocenters. The summed E-state index contributed by atoms with van der Waals surface area (Å²) in [6.45, 7) is 1.90. The van der Waals surface area contributed by atoms with E-state index in [1.807, 2.05) is 36.4 Å². The van der Waals surface area contributed by atoms with Gasteiger partial charge < -0.3 is 4.74 Å². The van der Waals surface area contributed by atoms with Crippen molar-refractivity contribution in [3.05, 3.63) is 71.3 Å². The lowest BCUT2D eigenvalue weighted by molar-refractivity contribution is -0.147. The van der Waals surface area contributed by atoms with Crippen LogP contribution < -0.4 is 4.72 Å². The first-order chi connectivity index (χ1) is 12.9. The van der Waals surface area contributed by atoms with Gasteiger partial charge in [0, 0.05) is 6.54 Å². The zero-order valence-corrected chi connectivity index (χ0v) is 15.9. The third kappa shape index (κ3) is 6.85. The van der Waals surface area contributed by atoms with Gasteiger partial charge in [-0.05, 0) is 36.6 Å². The van der Waals surface area contributed by atoms with Gasteiger partial charge in [-0.15, -0.1) is 0 Å². The van der Waals surface area contributed by atoms with Crippen molar-refractivity contribution in [1.82, 2.24) is 4.72 Å². The quantitative estimate of drug-likeness (QED) is 0.668. The van der Waals surface area contributed by atoms with Gasteiger partial charge >= 0.3 is 5.97 Å². The molecule has 0 aliphatic heterocycles. The number of hydrogen-bond donors (Lipinski definition) is 1. The normalized spacial score (nSPS) is 12.1. The Kier molecular flexibility index (Phi) is 7.53. The average Bonchev–Trinajstić information content (AvgIpc) is 2.66. The fourth-order valence-corrected chi connectivity index (χ4v) is 3.80. The maximum absolute atomic E-state index is 12.4. The van der Waals surface area contributed by atoms with E-state index in [9.17, 15) is 13.2 Å². The monoisotopic (exact) mass is 386 g/mol. The van der Waals surface area contributed by atoms with Crippen LogP contribution in [0.5, 0.6) is 0 Å². The summed E-state index contributed by atoms with van der Waals surface area (Å²) >= 11 is 0. The molecule has 1 atom stereocenters. The van der Waals surface area contributed by atoms with Crippen molar-refractivity contribution in [1.29, 1.82) is 5.26 Å². The van der Waals surface area contributed by atoms with Gasteiger partial charge in [0.15, 0.2) is 0 Å². The van der Waals surface area contributed by atoms with Gasteiger partial charge in [-0.1, -0.05) is 42.5 Å². The van der Waals surface area contributed by atoms with Crippen LogP contribution in [-0.2, 0) is 31.7 Å². The molecule has 0 spiro atoms. The lowest BCUT2D eigenvalue weighted by Gasteiger charge is -2.16. The number of nitrogens with zero attached hydrogens (tertiary/aromatic N) is 1. The number of carbonyl (C=O) groups excluding carboxylic acids is 1. The Bertz CT molecular complexity index is 905. The summed E-state index contributed by atoms with van der Waals surface area (Å²) in [5.41, 5.74) is 1.84. The fourth-order valence-electron chi connectivity index (χ4n) is 2.63. The van der Waals surface area contributed by atoms with Crippen LogP contribution in [0.4, 0.5) is 0 Å². The molecule has 0 aliphatic carbocycles. The Morgan fingerprint density at radius 2 is 1.85 bits per heavy atom. The first-order valence-electron chi connectivity index (χ1n) is 8.60. The van der Waals surface area contributed by atoms with E-state index in [1.165, 1.54) is 6.07 Å². The van der Waals surface area contributed by atoms with Crippen LogP contribution >= 0.6 is 0 Å². The standard InChI is InChI=1S/C20H22N2O4S/c1-2-26-20(23)19(12-16-7-4-3-5-8-16)14-22-27(24,25)15-18-10-6-9-17(11-18)13-21/h3-11,19,22H,2,12,14-15H2,1H3. The van der Waals surface area contributed by atoms with E-state index in [0.29, 0.717) is 17.5 Å². The second-order valence-corrected chi connectivity index (χ2v) is 7.87. The average molecular weight is 386 g/mol. The third-order valence-electron chi connectivity index (χ3n) is 3.91. The van der Waals surface area contributed by atoms with E-state index in [1.54, 1.807) is 25.1 Å². The molecule has 0 aliphatic rings. The molecule has 0 fully saturated rings. The number of hydrogen-bond acceptors (Lipinski definition) is 5. The van der Waals surface area contributed by atoms with Gasteiger partial charge in [0.25, 0.3) is 0 Å². The van der Waals surface area contributed by atoms with Crippen molar-refractivity contribution < 1.29 is 17.9 Å². The highest BCUT2D eigenvalue weighted by Crippen LogP contribution is 2.12. The highest BCUT2D eigenvalue weighted by Gasteiger charge is 2.23. The molecule has 0 heterocycles. The molecule has 0 bridgehead atoms. The van der Waals surface area contributed by atoms with E-state index in [-0.39, 0.29) is 18.9 Å². The minimum absolute atomic E-state index is 0.0476.